The van der Waals surface area contributed by atoms with Crippen LogP contribution in [0.3, 0.4) is 0 Å². The minimum absolute atomic E-state index is 0.0417. The smallest absolute Gasteiger partial charge is 0.155 e. The van der Waals surface area contributed by atoms with Crippen LogP contribution >= 0.6 is 0 Å². The molecule has 0 atom stereocenters. The predicted molar refractivity (Wildman–Crippen MR) is 47.0 cm³/mol. The summed E-state index contributed by atoms with van der Waals surface area (Å²) < 4.78 is 21.4. The van der Waals surface area contributed by atoms with Crippen molar-refractivity contribution in [3.63, 3.8) is 0 Å². The molecule has 0 amide bonds. The van der Waals surface area contributed by atoms with E-state index in [-0.39, 0.29) is 12.2 Å². The Morgan fingerprint density at radius 1 is 1.62 bits per heavy atom. The number of aromatic amines is 1. The molecule has 0 radical (unpaired) electrons. The highest BCUT2D eigenvalue weighted by Crippen LogP contribution is 1.94. The zero-order valence-electron chi connectivity index (χ0n) is 7.15. The van der Waals surface area contributed by atoms with Crippen LogP contribution in [0.15, 0.2) is 12.4 Å². The second-order valence-corrected chi connectivity index (χ2v) is 4.96. The molecule has 72 valence electrons. The molecule has 1 N–H and O–H groups in total. The first-order chi connectivity index (χ1) is 5.97. The lowest BCUT2D eigenvalue weighted by Crippen LogP contribution is -2.16. The van der Waals surface area contributed by atoms with Crippen molar-refractivity contribution in [2.75, 3.05) is 12.0 Å². The maximum atomic E-state index is 11.1. The van der Waals surface area contributed by atoms with Gasteiger partial charge in [-0.05, 0) is 0 Å². The van der Waals surface area contributed by atoms with Gasteiger partial charge in [0.1, 0.15) is 11.6 Å². The topological polar surface area (TPSA) is 79.9 Å². The van der Waals surface area contributed by atoms with Crippen molar-refractivity contribution in [1.29, 1.82) is 0 Å². The molecule has 0 aliphatic rings. The van der Waals surface area contributed by atoms with E-state index in [1.807, 2.05) is 0 Å². The summed E-state index contributed by atoms with van der Waals surface area (Å²) >= 11 is 0. The minimum atomic E-state index is -3.22. The van der Waals surface area contributed by atoms with Crippen LogP contribution in [0.1, 0.15) is 5.82 Å². The van der Waals surface area contributed by atoms with Crippen LogP contribution < -0.4 is 0 Å². The zero-order chi connectivity index (χ0) is 9.90. The Kier molecular flexibility index (Phi) is 2.82. The fourth-order valence-corrected chi connectivity index (χ4v) is 1.61. The van der Waals surface area contributed by atoms with E-state index in [2.05, 4.69) is 9.97 Å². The molecule has 0 aliphatic carbocycles. The zero-order valence-corrected chi connectivity index (χ0v) is 7.97. The Bertz CT molecular complexity index is 380. The molecule has 13 heavy (non-hydrogen) atoms. The lowest BCUT2D eigenvalue weighted by atomic mass is 10.3. The summed E-state index contributed by atoms with van der Waals surface area (Å²) in [7, 11) is -3.22. The van der Waals surface area contributed by atoms with Crippen LogP contribution in [0.25, 0.3) is 0 Å². The van der Waals surface area contributed by atoms with Gasteiger partial charge in [-0.2, -0.15) is 0 Å². The number of nitrogens with zero attached hydrogens (tertiary/aromatic N) is 1. The molecule has 1 heterocycles. The minimum Gasteiger partial charge on any atom is -0.348 e. The van der Waals surface area contributed by atoms with Crippen molar-refractivity contribution in [3.05, 3.63) is 18.2 Å². The Morgan fingerprint density at radius 3 is 2.77 bits per heavy atom. The molecule has 0 aliphatic heterocycles. The van der Waals surface area contributed by atoms with Gasteiger partial charge in [-0.25, -0.2) is 13.4 Å². The molecular weight excluding hydrogens is 192 g/mol. The van der Waals surface area contributed by atoms with Gasteiger partial charge in [0.2, 0.25) is 0 Å². The SMILES string of the molecule is CS(=O)(=O)CC(=O)Cc1ncc[nH]1. The number of nitrogens with one attached hydrogen (secondary N) is 1. The third-order valence-electron chi connectivity index (χ3n) is 1.34. The van der Waals surface area contributed by atoms with E-state index in [4.69, 9.17) is 0 Å². The van der Waals surface area contributed by atoms with Gasteiger partial charge >= 0.3 is 0 Å². The first-order valence-corrected chi connectivity index (χ1v) is 5.71. The number of hydrogen-bond acceptors (Lipinski definition) is 4. The quantitative estimate of drug-likeness (QED) is 0.718. The van der Waals surface area contributed by atoms with Gasteiger partial charge in [-0.15, -0.1) is 0 Å². The molecule has 6 heteroatoms. The van der Waals surface area contributed by atoms with Gasteiger partial charge < -0.3 is 4.98 Å². The molecule has 0 bridgehead atoms. The van der Waals surface area contributed by atoms with Crippen LogP contribution in [0, 0.1) is 0 Å². The molecular formula is C7H10N2O3S. The van der Waals surface area contributed by atoms with Gasteiger partial charge in [0.05, 0.1) is 6.42 Å². The van der Waals surface area contributed by atoms with E-state index in [0.717, 1.165) is 6.26 Å². The number of carbonyl (C=O) groups excluding carboxylic acids is 1. The van der Waals surface area contributed by atoms with Crippen LogP contribution in [0.5, 0.6) is 0 Å². The molecule has 5 nitrogen and oxygen atoms in total. The summed E-state index contributed by atoms with van der Waals surface area (Å²) in [6, 6.07) is 0. The maximum absolute atomic E-state index is 11.1. The van der Waals surface area contributed by atoms with E-state index >= 15 is 0 Å². The first-order valence-electron chi connectivity index (χ1n) is 3.65. The summed E-state index contributed by atoms with van der Waals surface area (Å²) in [5.74, 6) is -0.278. The summed E-state index contributed by atoms with van der Waals surface area (Å²) in [5.41, 5.74) is 0. The summed E-state index contributed by atoms with van der Waals surface area (Å²) in [4.78, 5) is 17.6. The van der Waals surface area contributed by atoms with E-state index in [9.17, 15) is 13.2 Å². The fourth-order valence-electron chi connectivity index (χ4n) is 0.925. The molecule has 0 fully saturated rings. The Balaban J connectivity index is 2.53. The largest absolute Gasteiger partial charge is 0.348 e. The lowest BCUT2D eigenvalue weighted by molar-refractivity contribution is -0.116. The van der Waals surface area contributed by atoms with Crippen molar-refractivity contribution in [1.82, 2.24) is 9.97 Å². The van der Waals surface area contributed by atoms with E-state index in [1.165, 1.54) is 6.20 Å². The number of Topliss-reactive ketones (excluding diaryl/α,β-unsaturated/α-hetero) is 1. The van der Waals surface area contributed by atoms with Crippen molar-refractivity contribution >= 4 is 15.6 Å². The number of hydrogen-bond donors (Lipinski definition) is 1. The number of imidazole rings is 1. The van der Waals surface area contributed by atoms with Gasteiger partial charge in [0.15, 0.2) is 15.6 Å². The molecule has 0 unspecified atom stereocenters. The van der Waals surface area contributed by atoms with Crippen LogP contribution in [0.4, 0.5) is 0 Å². The third-order valence-corrected chi connectivity index (χ3v) is 2.19. The summed E-state index contributed by atoms with van der Waals surface area (Å²) in [5, 5.41) is 0. The van der Waals surface area contributed by atoms with E-state index < -0.39 is 15.6 Å². The van der Waals surface area contributed by atoms with Gasteiger partial charge in [-0.1, -0.05) is 0 Å². The average Bonchev–Trinajstić information content (AvgIpc) is 2.34. The molecule has 0 saturated heterocycles. The van der Waals surface area contributed by atoms with Gasteiger partial charge in [0, 0.05) is 18.6 Å². The maximum Gasteiger partial charge on any atom is 0.155 e. The number of ketones is 1. The van der Waals surface area contributed by atoms with E-state index in [1.54, 1.807) is 6.20 Å². The monoisotopic (exact) mass is 202 g/mol. The van der Waals surface area contributed by atoms with Crippen LogP contribution in [-0.2, 0) is 21.1 Å². The molecule has 1 aromatic rings. The normalized spacial score (nSPS) is 11.5. The average molecular weight is 202 g/mol. The van der Waals surface area contributed by atoms with Gasteiger partial charge in [0.25, 0.3) is 0 Å². The number of rotatable bonds is 4. The number of aromatic nitrogens is 2. The predicted octanol–water partition coefficient (Wildman–Crippen LogP) is -0.434. The van der Waals surface area contributed by atoms with Crippen LogP contribution in [-0.4, -0.2) is 36.2 Å². The summed E-state index contributed by atoms with van der Waals surface area (Å²) in [6.45, 7) is 0. The van der Waals surface area contributed by atoms with E-state index in [0.29, 0.717) is 5.82 Å². The standard InChI is InChI=1S/C7H10N2O3S/c1-13(11,12)5-6(10)4-7-8-2-3-9-7/h2-3H,4-5H2,1H3,(H,8,9). The lowest BCUT2D eigenvalue weighted by Gasteiger charge is -1.95. The second kappa shape index (κ2) is 3.69. The molecule has 0 saturated carbocycles. The van der Waals surface area contributed by atoms with Crippen molar-refractivity contribution in [3.8, 4) is 0 Å². The molecule has 1 aromatic heterocycles. The molecule has 1 rings (SSSR count). The number of carbonyl (C=O) groups is 1. The molecule has 0 spiro atoms. The summed E-state index contributed by atoms with van der Waals surface area (Å²) in [6.07, 6.45) is 4.18. The second-order valence-electron chi connectivity index (χ2n) is 2.82. The first kappa shape index (κ1) is 9.91. The van der Waals surface area contributed by atoms with Crippen molar-refractivity contribution < 1.29 is 13.2 Å². The van der Waals surface area contributed by atoms with Gasteiger partial charge in [-0.3, -0.25) is 4.79 Å². The van der Waals surface area contributed by atoms with Crippen molar-refractivity contribution in [2.24, 2.45) is 0 Å². The molecule has 0 aromatic carbocycles. The Morgan fingerprint density at radius 2 is 2.31 bits per heavy atom. The highest BCUT2D eigenvalue weighted by atomic mass is 32.2. The highest BCUT2D eigenvalue weighted by molar-refractivity contribution is 7.91. The fraction of sp³-hybridized carbons (Fsp3) is 0.429. The number of sulfone groups is 1. The van der Waals surface area contributed by atoms with Crippen LogP contribution in [0.2, 0.25) is 0 Å². The highest BCUT2D eigenvalue weighted by Gasteiger charge is 2.12. The third kappa shape index (κ3) is 3.84. The Labute approximate surface area is 76.1 Å². The number of H-pyrrole nitrogens is 1. The Hall–Kier alpha value is -1.17. The van der Waals surface area contributed by atoms with Crippen molar-refractivity contribution in [2.45, 2.75) is 6.42 Å².